The molecule has 12 heteroatoms. The lowest BCUT2D eigenvalue weighted by atomic mass is 10.5. The van der Waals surface area contributed by atoms with E-state index in [2.05, 4.69) is 0 Å². The lowest BCUT2D eigenvalue weighted by Gasteiger charge is -2.09. The number of hydrogen-bond donors (Lipinski definition) is 1. The molecular formula is C8H13F3N3O4S2+. The molecule has 0 amide bonds. The van der Waals surface area contributed by atoms with E-state index in [0.717, 1.165) is 0 Å². The fourth-order valence-electron chi connectivity index (χ4n) is 1.33. The van der Waals surface area contributed by atoms with E-state index in [0.29, 0.717) is 4.13 Å². The van der Waals surface area contributed by atoms with E-state index in [1.54, 1.807) is 34.9 Å². The van der Waals surface area contributed by atoms with Gasteiger partial charge in [-0.25, -0.2) is 26.0 Å². The van der Waals surface area contributed by atoms with Gasteiger partial charge in [0, 0.05) is 6.42 Å². The van der Waals surface area contributed by atoms with E-state index in [1.165, 1.54) is 0 Å². The Labute approximate surface area is 114 Å². The van der Waals surface area contributed by atoms with Gasteiger partial charge in [-0.15, -0.1) is 4.13 Å². The zero-order chi connectivity index (χ0) is 15.6. The maximum absolute atomic E-state index is 12.0. The van der Waals surface area contributed by atoms with Crippen molar-refractivity contribution in [2.24, 2.45) is 7.05 Å². The second kappa shape index (κ2) is 5.69. The van der Waals surface area contributed by atoms with Crippen LogP contribution in [0.3, 0.4) is 0 Å². The van der Waals surface area contributed by atoms with E-state index >= 15 is 0 Å². The lowest BCUT2D eigenvalue weighted by Crippen LogP contribution is -2.41. The maximum Gasteiger partial charge on any atom is 0.512 e. The van der Waals surface area contributed by atoms with Crippen LogP contribution >= 0.6 is 0 Å². The Morgan fingerprint density at radius 2 is 1.85 bits per heavy atom. The van der Waals surface area contributed by atoms with Crippen molar-refractivity contribution in [2.75, 3.05) is 5.75 Å². The van der Waals surface area contributed by atoms with Gasteiger partial charge in [0.05, 0.1) is 19.3 Å². The molecule has 0 unspecified atom stereocenters. The fraction of sp³-hybridized carbons (Fsp3) is 0.625. The van der Waals surface area contributed by atoms with Crippen LogP contribution in [0.5, 0.6) is 0 Å². The van der Waals surface area contributed by atoms with Gasteiger partial charge in [-0.05, 0) is 0 Å². The summed E-state index contributed by atoms with van der Waals surface area (Å²) < 4.78 is 84.0. The van der Waals surface area contributed by atoms with Gasteiger partial charge in [-0.1, -0.05) is 0 Å². The Morgan fingerprint density at radius 1 is 1.25 bits per heavy atom. The highest BCUT2D eigenvalue weighted by molar-refractivity contribution is 8.05. The highest BCUT2D eigenvalue weighted by atomic mass is 32.3. The Balaban J connectivity index is 2.59. The van der Waals surface area contributed by atoms with Crippen LogP contribution in [0.4, 0.5) is 13.2 Å². The van der Waals surface area contributed by atoms with Gasteiger partial charge < -0.3 is 0 Å². The van der Waals surface area contributed by atoms with Crippen molar-refractivity contribution in [3.63, 3.8) is 0 Å². The van der Waals surface area contributed by atoms with E-state index in [4.69, 9.17) is 0 Å². The number of aromatic nitrogens is 2. The molecule has 1 aromatic heterocycles. The third kappa shape index (κ3) is 4.76. The molecule has 0 radical (unpaired) electrons. The summed E-state index contributed by atoms with van der Waals surface area (Å²) in [5, 5.41) is 0. The van der Waals surface area contributed by atoms with Gasteiger partial charge in [-0.2, -0.15) is 13.2 Å². The molecule has 0 fully saturated rings. The molecule has 1 N–H and O–H groups in total. The summed E-state index contributed by atoms with van der Waals surface area (Å²) in [4.78, 5) is 0. The summed E-state index contributed by atoms with van der Waals surface area (Å²) in [5.74, 6) is -0.732. The summed E-state index contributed by atoms with van der Waals surface area (Å²) in [5.41, 5.74) is -5.66. The van der Waals surface area contributed by atoms with Crippen molar-refractivity contribution in [1.29, 1.82) is 0 Å². The average molecular weight is 336 g/mol. The number of alkyl halides is 3. The van der Waals surface area contributed by atoms with Crippen LogP contribution in [-0.4, -0.2) is 32.7 Å². The molecule has 0 spiro atoms. The summed E-state index contributed by atoms with van der Waals surface area (Å²) in [6, 6.07) is 0. The minimum absolute atomic E-state index is 0.0304. The molecule has 0 saturated heterocycles. The Kier molecular flexibility index (Phi) is 4.82. The van der Waals surface area contributed by atoms with Crippen molar-refractivity contribution in [1.82, 2.24) is 8.69 Å². The minimum atomic E-state index is -5.90. The van der Waals surface area contributed by atoms with Crippen LogP contribution in [0.25, 0.3) is 0 Å². The van der Waals surface area contributed by atoms with E-state index < -0.39 is 31.3 Å². The number of hydrogen-bond acceptors (Lipinski definition) is 4. The number of sulfonamides is 2. The van der Waals surface area contributed by atoms with Gasteiger partial charge in [-0.3, -0.25) is 0 Å². The number of nitrogens with one attached hydrogen (secondary N) is 1. The summed E-state index contributed by atoms with van der Waals surface area (Å²) in [6.45, 7) is 0.230. The third-order valence-corrected chi connectivity index (χ3v) is 5.52. The minimum Gasteiger partial charge on any atom is -0.240 e. The van der Waals surface area contributed by atoms with Crippen LogP contribution < -0.4 is 8.69 Å². The number of halogens is 3. The molecule has 0 aliphatic rings. The average Bonchev–Trinajstić information content (AvgIpc) is 2.60. The Bertz CT molecular complexity index is 663. The first-order valence-corrected chi connectivity index (χ1v) is 8.40. The van der Waals surface area contributed by atoms with Crippen LogP contribution in [0.15, 0.2) is 18.7 Å². The second-order valence-corrected chi connectivity index (χ2v) is 7.80. The SMILES string of the molecule is C[n+]1ccn(CCCS(=O)(=O)NS(=O)(=O)C(F)(F)F)c1. The summed E-state index contributed by atoms with van der Waals surface area (Å²) >= 11 is 0. The standard InChI is InChI=1S/C8H13F3N3O4S2/c1-13-4-5-14(7-13)3-2-6-19(15,16)12-20(17,18)8(9,10)11/h4-5,7,12H,2-3,6H2,1H3/q+1. The second-order valence-electron chi connectivity index (χ2n) is 4.02. The van der Waals surface area contributed by atoms with Crippen molar-refractivity contribution in [2.45, 2.75) is 18.5 Å². The Hall–Kier alpha value is -1.14. The first-order valence-electron chi connectivity index (χ1n) is 5.26. The topological polar surface area (TPSA) is 89.1 Å². The molecule has 20 heavy (non-hydrogen) atoms. The number of nitrogens with zero attached hydrogens (tertiary/aromatic N) is 2. The van der Waals surface area contributed by atoms with Crippen LogP contribution in [-0.2, 0) is 33.6 Å². The molecule has 0 atom stereocenters. The largest absolute Gasteiger partial charge is 0.512 e. The molecule has 0 aliphatic carbocycles. The monoisotopic (exact) mass is 336 g/mol. The Morgan fingerprint density at radius 3 is 2.30 bits per heavy atom. The molecule has 0 bridgehead atoms. The van der Waals surface area contributed by atoms with Crippen LogP contribution in [0, 0.1) is 0 Å². The smallest absolute Gasteiger partial charge is 0.240 e. The van der Waals surface area contributed by atoms with Crippen molar-refractivity contribution in [3.05, 3.63) is 18.7 Å². The molecule has 0 aromatic carbocycles. The quantitative estimate of drug-likeness (QED) is 0.708. The van der Waals surface area contributed by atoms with Crippen LogP contribution in [0.1, 0.15) is 6.42 Å². The normalized spacial score (nSPS) is 13.6. The van der Waals surface area contributed by atoms with Crippen molar-refractivity contribution in [3.8, 4) is 0 Å². The van der Waals surface area contributed by atoms with E-state index in [-0.39, 0.29) is 13.0 Å². The van der Waals surface area contributed by atoms with Crippen molar-refractivity contribution >= 4 is 20.0 Å². The van der Waals surface area contributed by atoms with E-state index in [9.17, 15) is 30.0 Å². The molecule has 1 heterocycles. The van der Waals surface area contributed by atoms with Gasteiger partial charge >= 0.3 is 15.5 Å². The molecular weight excluding hydrogens is 323 g/mol. The van der Waals surface area contributed by atoms with Gasteiger partial charge in [0.25, 0.3) is 0 Å². The zero-order valence-corrected chi connectivity index (χ0v) is 12.0. The third-order valence-electron chi connectivity index (χ3n) is 2.19. The fourth-order valence-corrected chi connectivity index (χ4v) is 3.88. The summed E-state index contributed by atoms with van der Waals surface area (Å²) in [6.07, 6.45) is 4.96. The number of rotatable bonds is 6. The first kappa shape index (κ1) is 16.9. The van der Waals surface area contributed by atoms with E-state index in [1.807, 2.05) is 0 Å². The highest BCUT2D eigenvalue weighted by Crippen LogP contribution is 2.22. The number of imidazole rings is 1. The molecule has 7 nitrogen and oxygen atoms in total. The maximum atomic E-state index is 12.0. The molecule has 1 aromatic rings. The highest BCUT2D eigenvalue weighted by Gasteiger charge is 2.48. The number of aryl methyl sites for hydroxylation is 2. The predicted octanol–water partition coefficient (Wildman–Crippen LogP) is -0.528. The molecule has 1 rings (SSSR count). The van der Waals surface area contributed by atoms with Gasteiger partial charge in [0.2, 0.25) is 16.4 Å². The van der Waals surface area contributed by atoms with Gasteiger partial charge in [0.1, 0.15) is 12.4 Å². The first-order chi connectivity index (χ1) is 8.93. The molecule has 0 aliphatic heterocycles. The van der Waals surface area contributed by atoms with Crippen molar-refractivity contribution < 1.29 is 34.6 Å². The molecule has 0 saturated carbocycles. The van der Waals surface area contributed by atoms with Crippen LogP contribution in [0.2, 0.25) is 0 Å². The molecule has 116 valence electrons. The summed E-state index contributed by atoms with van der Waals surface area (Å²) in [7, 11) is -8.72. The predicted molar refractivity (Wildman–Crippen MR) is 62.1 cm³/mol. The lowest BCUT2D eigenvalue weighted by molar-refractivity contribution is -0.671. The zero-order valence-electron chi connectivity index (χ0n) is 10.3. The van der Waals surface area contributed by atoms with Gasteiger partial charge in [0.15, 0.2) is 0 Å².